The molecule has 96 valence electrons. The van der Waals surface area contributed by atoms with E-state index in [4.69, 9.17) is 21.5 Å². The Labute approximate surface area is 108 Å². The molecule has 0 spiro atoms. The van der Waals surface area contributed by atoms with Crippen LogP contribution in [0.4, 0.5) is 0 Å². The first kappa shape index (κ1) is 12.8. The highest BCUT2D eigenvalue weighted by Gasteiger charge is 2.17. The first-order valence-electron chi connectivity index (χ1n) is 4.71. The van der Waals surface area contributed by atoms with Crippen molar-refractivity contribution in [1.82, 2.24) is 15.2 Å². The van der Waals surface area contributed by atoms with Crippen LogP contribution in [0.5, 0.6) is 5.75 Å². The second kappa shape index (κ2) is 4.56. The third-order valence-electron chi connectivity index (χ3n) is 2.14. The number of ether oxygens (including phenoxy) is 1. The van der Waals surface area contributed by atoms with Crippen molar-refractivity contribution >= 4 is 21.6 Å². The molecule has 0 bridgehead atoms. The molecule has 0 aliphatic rings. The van der Waals surface area contributed by atoms with Gasteiger partial charge in [0.25, 0.3) is 15.2 Å². The van der Waals surface area contributed by atoms with Gasteiger partial charge in [-0.2, -0.15) is 10.1 Å². The number of H-pyrrole nitrogens is 1. The lowest BCUT2D eigenvalue weighted by Crippen LogP contribution is -2.13. The highest BCUT2D eigenvalue weighted by Crippen LogP contribution is 2.30. The van der Waals surface area contributed by atoms with Crippen molar-refractivity contribution in [2.24, 2.45) is 5.14 Å². The maximum atomic E-state index is 11.1. The van der Waals surface area contributed by atoms with Gasteiger partial charge in [0.1, 0.15) is 5.75 Å². The van der Waals surface area contributed by atoms with E-state index in [1.165, 1.54) is 7.11 Å². The molecule has 0 fully saturated rings. The normalized spacial score (nSPS) is 11.5. The smallest absolute Gasteiger partial charge is 0.273 e. The molecule has 2 rings (SSSR count). The van der Waals surface area contributed by atoms with Crippen LogP contribution >= 0.6 is 11.6 Å². The van der Waals surface area contributed by atoms with E-state index in [9.17, 15) is 8.42 Å². The average molecular weight is 289 g/mol. The summed E-state index contributed by atoms with van der Waals surface area (Å²) in [6, 6.07) is 4.83. The predicted molar refractivity (Wildman–Crippen MR) is 64.8 cm³/mol. The number of methoxy groups -OCH3 is 1. The predicted octanol–water partition coefficient (Wildman–Crippen LogP) is 0.781. The highest BCUT2D eigenvalue weighted by atomic mass is 35.5. The van der Waals surface area contributed by atoms with Crippen LogP contribution in [0.3, 0.4) is 0 Å². The minimum atomic E-state index is -3.92. The van der Waals surface area contributed by atoms with E-state index in [-0.39, 0.29) is 5.82 Å². The molecule has 2 aromatic rings. The molecule has 1 aromatic heterocycles. The van der Waals surface area contributed by atoms with E-state index in [1.54, 1.807) is 18.2 Å². The maximum absolute atomic E-state index is 11.1. The van der Waals surface area contributed by atoms with Crippen molar-refractivity contribution in [3.63, 3.8) is 0 Å². The average Bonchev–Trinajstić information content (AvgIpc) is 2.77. The van der Waals surface area contributed by atoms with E-state index in [2.05, 4.69) is 15.2 Å². The highest BCUT2D eigenvalue weighted by molar-refractivity contribution is 7.89. The summed E-state index contributed by atoms with van der Waals surface area (Å²) in [4.78, 5) is 3.78. The van der Waals surface area contributed by atoms with Gasteiger partial charge in [0.15, 0.2) is 5.82 Å². The number of benzene rings is 1. The van der Waals surface area contributed by atoms with Gasteiger partial charge < -0.3 is 4.74 Å². The molecule has 0 saturated heterocycles. The first-order valence-corrected chi connectivity index (χ1v) is 6.63. The number of hydrogen-bond donors (Lipinski definition) is 2. The fourth-order valence-corrected chi connectivity index (χ4v) is 1.91. The molecule has 0 radical (unpaired) electrons. The van der Waals surface area contributed by atoms with Crippen LogP contribution < -0.4 is 9.88 Å². The SMILES string of the molecule is COc1ccc(Cl)cc1-c1n[nH]c(S(N)(=O)=O)n1. The zero-order valence-corrected chi connectivity index (χ0v) is 10.8. The van der Waals surface area contributed by atoms with E-state index in [1.807, 2.05) is 0 Å². The molecule has 1 heterocycles. The number of primary sulfonamides is 1. The van der Waals surface area contributed by atoms with E-state index >= 15 is 0 Å². The van der Waals surface area contributed by atoms with Crippen LogP contribution in [0.1, 0.15) is 0 Å². The molecular formula is C9H9ClN4O3S. The Balaban J connectivity index is 2.55. The Kier molecular flexibility index (Phi) is 3.24. The molecule has 18 heavy (non-hydrogen) atoms. The van der Waals surface area contributed by atoms with Crippen LogP contribution in [-0.2, 0) is 10.0 Å². The van der Waals surface area contributed by atoms with Gasteiger partial charge >= 0.3 is 0 Å². The van der Waals surface area contributed by atoms with E-state index < -0.39 is 15.2 Å². The number of aromatic nitrogens is 3. The Hall–Kier alpha value is -1.64. The van der Waals surface area contributed by atoms with Gasteiger partial charge in [0.05, 0.1) is 12.7 Å². The van der Waals surface area contributed by atoms with Crippen LogP contribution in [-0.4, -0.2) is 30.7 Å². The maximum Gasteiger partial charge on any atom is 0.273 e. The zero-order valence-electron chi connectivity index (χ0n) is 9.21. The van der Waals surface area contributed by atoms with Crippen LogP contribution in [0.25, 0.3) is 11.4 Å². The number of sulfonamides is 1. The van der Waals surface area contributed by atoms with Crippen molar-refractivity contribution in [1.29, 1.82) is 0 Å². The van der Waals surface area contributed by atoms with Crippen LogP contribution in [0.2, 0.25) is 5.02 Å². The molecule has 7 nitrogen and oxygen atoms in total. The standard InChI is InChI=1S/C9H9ClN4O3S/c1-17-7-3-2-5(10)4-6(7)8-12-9(14-13-8)18(11,15)16/h2-4H,1H3,(H2,11,15,16)(H,12,13,14). The summed E-state index contributed by atoms with van der Waals surface area (Å²) in [6.07, 6.45) is 0. The molecule has 0 amide bonds. The number of halogens is 1. The molecular weight excluding hydrogens is 280 g/mol. The summed E-state index contributed by atoms with van der Waals surface area (Å²) >= 11 is 5.86. The van der Waals surface area contributed by atoms with Gasteiger partial charge in [0.2, 0.25) is 0 Å². The lowest BCUT2D eigenvalue weighted by Gasteiger charge is -2.04. The Bertz CT molecular complexity index is 683. The van der Waals surface area contributed by atoms with Crippen molar-refractivity contribution < 1.29 is 13.2 Å². The lowest BCUT2D eigenvalue weighted by molar-refractivity contribution is 0.416. The number of nitrogens with two attached hydrogens (primary N) is 1. The number of rotatable bonds is 3. The summed E-state index contributed by atoms with van der Waals surface area (Å²) < 4.78 is 27.3. The number of hydrogen-bond acceptors (Lipinski definition) is 5. The van der Waals surface area contributed by atoms with Crippen LogP contribution in [0, 0.1) is 0 Å². The van der Waals surface area contributed by atoms with Crippen molar-refractivity contribution in [2.75, 3.05) is 7.11 Å². The third kappa shape index (κ3) is 2.45. The first-order chi connectivity index (χ1) is 8.41. The fraction of sp³-hybridized carbons (Fsp3) is 0.111. The fourth-order valence-electron chi connectivity index (χ4n) is 1.35. The van der Waals surface area contributed by atoms with Crippen LogP contribution in [0.15, 0.2) is 23.4 Å². The van der Waals surface area contributed by atoms with Gasteiger partial charge in [0, 0.05) is 5.02 Å². The zero-order chi connectivity index (χ0) is 13.3. The Morgan fingerprint density at radius 2 is 2.17 bits per heavy atom. The minimum absolute atomic E-state index is 0.137. The number of nitrogens with zero attached hydrogens (tertiary/aromatic N) is 2. The number of nitrogens with one attached hydrogen (secondary N) is 1. The Morgan fingerprint density at radius 1 is 1.44 bits per heavy atom. The lowest BCUT2D eigenvalue weighted by atomic mass is 10.2. The summed E-state index contributed by atoms with van der Waals surface area (Å²) in [7, 11) is -2.45. The molecule has 1 aromatic carbocycles. The molecule has 0 aliphatic heterocycles. The third-order valence-corrected chi connectivity index (χ3v) is 3.09. The molecule has 0 saturated carbocycles. The Morgan fingerprint density at radius 3 is 2.72 bits per heavy atom. The molecule has 3 N–H and O–H groups in total. The van der Waals surface area contributed by atoms with Crippen molar-refractivity contribution in [2.45, 2.75) is 5.16 Å². The summed E-state index contributed by atoms with van der Waals surface area (Å²) in [5.74, 6) is 0.609. The van der Waals surface area contributed by atoms with E-state index in [0.717, 1.165) is 0 Å². The number of aromatic amines is 1. The van der Waals surface area contributed by atoms with Crippen molar-refractivity contribution in [3.05, 3.63) is 23.2 Å². The summed E-state index contributed by atoms with van der Waals surface area (Å²) in [5, 5.41) is 11.0. The topological polar surface area (TPSA) is 111 Å². The molecule has 0 aliphatic carbocycles. The minimum Gasteiger partial charge on any atom is -0.496 e. The molecule has 0 atom stereocenters. The van der Waals surface area contributed by atoms with Gasteiger partial charge in [-0.15, -0.1) is 0 Å². The molecule has 9 heteroatoms. The quantitative estimate of drug-likeness (QED) is 0.867. The summed E-state index contributed by atoms with van der Waals surface area (Å²) in [6.45, 7) is 0. The van der Waals surface area contributed by atoms with Gasteiger partial charge in [-0.25, -0.2) is 18.7 Å². The van der Waals surface area contributed by atoms with Gasteiger partial charge in [-0.3, -0.25) is 0 Å². The van der Waals surface area contributed by atoms with E-state index in [0.29, 0.717) is 16.3 Å². The molecule has 0 unspecified atom stereocenters. The van der Waals surface area contributed by atoms with Gasteiger partial charge in [-0.1, -0.05) is 11.6 Å². The van der Waals surface area contributed by atoms with Crippen molar-refractivity contribution in [3.8, 4) is 17.1 Å². The monoisotopic (exact) mass is 288 g/mol. The second-order valence-electron chi connectivity index (χ2n) is 3.35. The van der Waals surface area contributed by atoms with Gasteiger partial charge in [-0.05, 0) is 18.2 Å². The second-order valence-corrected chi connectivity index (χ2v) is 5.27. The summed E-state index contributed by atoms with van der Waals surface area (Å²) in [5.41, 5.74) is 0.469. The largest absolute Gasteiger partial charge is 0.496 e.